The van der Waals surface area contributed by atoms with Gasteiger partial charge in [0.2, 0.25) is 0 Å². The number of imidazole rings is 1. The molecule has 114 valence electrons. The SMILES string of the molecule is CCc1noc(C)c1C(=O)OCc1cn2cc(Cl)ccc2n1. The van der Waals surface area contributed by atoms with Crippen LogP contribution in [0, 0.1) is 6.92 Å². The van der Waals surface area contributed by atoms with Crippen molar-refractivity contribution in [3.63, 3.8) is 0 Å². The fourth-order valence-electron chi connectivity index (χ4n) is 2.22. The fourth-order valence-corrected chi connectivity index (χ4v) is 2.39. The van der Waals surface area contributed by atoms with Gasteiger partial charge in [-0.15, -0.1) is 0 Å². The Morgan fingerprint density at radius 3 is 3.00 bits per heavy atom. The van der Waals surface area contributed by atoms with Gasteiger partial charge in [0.05, 0.1) is 16.4 Å². The quantitative estimate of drug-likeness (QED) is 0.691. The number of ether oxygens (including phenoxy) is 1. The Kier molecular flexibility index (Phi) is 3.85. The lowest BCUT2D eigenvalue weighted by Gasteiger charge is -2.02. The molecule has 0 unspecified atom stereocenters. The summed E-state index contributed by atoms with van der Waals surface area (Å²) in [6.07, 6.45) is 4.12. The summed E-state index contributed by atoms with van der Waals surface area (Å²) in [7, 11) is 0. The Morgan fingerprint density at radius 1 is 1.41 bits per heavy atom. The van der Waals surface area contributed by atoms with Crippen LogP contribution in [0.2, 0.25) is 5.02 Å². The molecule has 22 heavy (non-hydrogen) atoms. The number of esters is 1. The standard InChI is InChI=1S/C15H14ClN3O3/c1-3-12-14(9(2)22-18-12)15(20)21-8-11-7-19-6-10(16)4-5-13(19)17-11/h4-7H,3,8H2,1-2H3. The highest BCUT2D eigenvalue weighted by Gasteiger charge is 2.20. The number of carbonyl (C=O) groups is 1. The van der Waals surface area contributed by atoms with Crippen molar-refractivity contribution in [3.8, 4) is 0 Å². The molecule has 0 saturated heterocycles. The third kappa shape index (κ3) is 2.69. The van der Waals surface area contributed by atoms with Crippen LogP contribution in [0.25, 0.3) is 5.65 Å². The summed E-state index contributed by atoms with van der Waals surface area (Å²) < 4.78 is 12.1. The molecule has 0 aliphatic rings. The molecule has 0 bridgehead atoms. The van der Waals surface area contributed by atoms with E-state index < -0.39 is 5.97 Å². The van der Waals surface area contributed by atoms with Crippen LogP contribution in [0.3, 0.4) is 0 Å². The predicted molar refractivity (Wildman–Crippen MR) is 79.9 cm³/mol. The number of carbonyl (C=O) groups excluding carboxylic acids is 1. The van der Waals surface area contributed by atoms with Crippen LogP contribution in [0.1, 0.15) is 34.4 Å². The van der Waals surface area contributed by atoms with Crippen molar-refractivity contribution in [2.24, 2.45) is 0 Å². The number of halogens is 1. The number of hydrogen-bond donors (Lipinski definition) is 0. The van der Waals surface area contributed by atoms with Gasteiger partial charge in [-0.3, -0.25) is 0 Å². The molecule has 0 radical (unpaired) electrons. The van der Waals surface area contributed by atoms with E-state index in [0.717, 1.165) is 5.65 Å². The molecule has 0 amide bonds. The predicted octanol–water partition coefficient (Wildman–Crippen LogP) is 3.20. The van der Waals surface area contributed by atoms with E-state index in [4.69, 9.17) is 20.9 Å². The van der Waals surface area contributed by atoms with Crippen molar-refractivity contribution in [1.82, 2.24) is 14.5 Å². The smallest absolute Gasteiger partial charge is 0.344 e. The number of aryl methyl sites for hydroxylation is 2. The van der Waals surface area contributed by atoms with Gasteiger partial charge < -0.3 is 13.7 Å². The van der Waals surface area contributed by atoms with Gasteiger partial charge in [-0.2, -0.15) is 0 Å². The molecule has 0 N–H and O–H groups in total. The zero-order valence-corrected chi connectivity index (χ0v) is 12.9. The number of aromatic nitrogens is 3. The fraction of sp³-hybridized carbons (Fsp3) is 0.267. The van der Waals surface area contributed by atoms with Crippen LogP contribution >= 0.6 is 11.6 Å². The van der Waals surface area contributed by atoms with E-state index in [1.54, 1.807) is 35.9 Å². The van der Waals surface area contributed by atoms with Crippen LogP contribution in [-0.4, -0.2) is 20.5 Å². The molecule has 3 heterocycles. The molecule has 6 nitrogen and oxygen atoms in total. The lowest BCUT2D eigenvalue weighted by Crippen LogP contribution is -2.08. The Balaban J connectivity index is 1.75. The van der Waals surface area contributed by atoms with E-state index in [1.165, 1.54) is 0 Å². The van der Waals surface area contributed by atoms with Gasteiger partial charge in [0.1, 0.15) is 23.6 Å². The Labute approximate surface area is 131 Å². The lowest BCUT2D eigenvalue weighted by molar-refractivity contribution is 0.0465. The van der Waals surface area contributed by atoms with E-state index in [9.17, 15) is 4.79 Å². The minimum atomic E-state index is -0.453. The summed E-state index contributed by atoms with van der Waals surface area (Å²) in [5.74, 6) is 0.00863. The van der Waals surface area contributed by atoms with Crippen molar-refractivity contribution >= 4 is 23.2 Å². The van der Waals surface area contributed by atoms with Crippen molar-refractivity contribution in [3.05, 3.63) is 52.3 Å². The number of hydrogen-bond acceptors (Lipinski definition) is 5. The molecule has 7 heteroatoms. The maximum atomic E-state index is 12.2. The monoisotopic (exact) mass is 319 g/mol. The molecule has 0 saturated carbocycles. The van der Waals surface area contributed by atoms with E-state index in [0.29, 0.717) is 34.2 Å². The van der Waals surface area contributed by atoms with Gasteiger partial charge in [0.25, 0.3) is 0 Å². The molecule has 0 aliphatic heterocycles. The first-order valence-corrected chi connectivity index (χ1v) is 7.21. The van der Waals surface area contributed by atoms with E-state index in [1.807, 2.05) is 6.92 Å². The van der Waals surface area contributed by atoms with E-state index >= 15 is 0 Å². The molecular weight excluding hydrogens is 306 g/mol. The summed E-state index contributed by atoms with van der Waals surface area (Å²) >= 11 is 5.92. The second-order valence-electron chi connectivity index (χ2n) is 4.84. The van der Waals surface area contributed by atoms with Gasteiger partial charge in [-0.1, -0.05) is 23.7 Å². The minimum absolute atomic E-state index is 0.0753. The normalized spacial score (nSPS) is 11.0. The van der Waals surface area contributed by atoms with Crippen molar-refractivity contribution < 1.29 is 14.1 Å². The van der Waals surface area contributed by atoms with Gasteiger partial charge in [-0.25, -0.2) is 9.78 Å². The highest BCUT2D eigenvalue weighted by molar-refractivity contribution is 6.30. The first-order chi connectivity index (χ1) is 10.6. The van der Waals surface area contributed by atoms with E-state index in [2.05, 4.69) is 10.1 Å². The number of pyridine rings is 1. The zero-order chi connectivity index (χ0) is 15.7. The van der Waals surface area contributed by atoms with Gasteiger partial charge in [-0.05, 0) is 25.5 Å². The van der Waals surface area contributed by atoms with Crippen LogP contribution in [0.5, 0.6) is 0 Å². The van der Waals surface area contributed by atoms with E-state index in [-0.39, 0.29) is 6.61 Å². The molecule has 3 aromatic rings. The van der Waals surface area contributed by atoms with Gasteiger partial charge in [0.15, 0.2) is 0 Å². The highest BCUT2D eigenvalue weighted by atomic mass is 35.5. The largest absolute Gasteiger partial charge is 0.455 e. The van der Waals surface area contributed by atoms with Crippen molar-refractivity contribution in [1.29, 1.82) is 0 Å². The summed E-state index contributed by atoms with van der Waals surface area (Å²) in [5, 5.41) is 4.46. The van der Waals surface area contributed by atoms with Crippen LogP contribution < -0.4 is 0 Å². The summed E-state index contributed by atoms with van der Waals surface area (Å²) in [6.45, 7) is 3.67. The number of nitrogens with zero attached hydrogens (tertiary/aromatic N) is 3. The Bertz CT molecular complexity index is 838. The molecule has 0 fully saturated rings. The van der Waals surface area contributed by atoms with Crippen LogP contribution in [0.4, 0.5) is 0 Å². The first-order valence-electron chi connectivity index (χ1n) is 6.84. The third-order valence-corrected chi connectivity index (χ3v) is 3.51. The Hall–Kier alpha value is -2.34. The molecule has 3 rings (SSSR count). The molecule has 0 aromatic carbocycles. The van der Waals surface area contributed by atoms with Crippen molar-refractivity contribution in [2.45, 2.75) is 26.9 Å². The number of rotatable bonds is 4. The molecule has 0 aliphatic carbocycles. The van der Waals surface area contributed by atoms with Crippen LogP contribution in [-0.2, 0) is 17.8 Å². The average molecular weight is 320 g/mol. The maximum Gasteiger partial charge on any atom is 0.344 e. The third-order valence-electron chi connectivity index (χ3n) is 3.29. The second-order valence-corrected chi connectivity index (χ2v) is 5.27. The summed E-state index contributed by atoms with van der Waals surface area (Å²) in [4.78, 5) is 16.5. The molecule has 0 atom stereocenters. The maximum absolute atomic E-state index is 12.2. The molecular formula is C15H14ClN3O3. The van der Waals surface area contributed by atoms with Gasteiger partial charge in [0, 0.05) is 12.4 Å². The first kappa shape index (κ1) is 14.6. The zero-order valence-electron chi connectivity index (χ0n) is 12.2. The van der Waals surface area contributed by atoms with Crippen molar-refractivity contribution in [2.75, 3.05) is 0 Å². The second kappa shape index (κ2) is 5.81. The highest BCUT2D eigenvalue weighted by Crippen LogP contribution is 2.17. The number of fused-ring (bicyclic) bond motifs is 1. The molecule has 0 spiro atoms. The Morgan fingerprint density at radius 2 is 2.23 bits per heavy atom. The summed E-state index contributed by atoms with van der Waals surface area (Å²) in [5.41, 5.74) is 2.38. The summed E-state index contributed by atoms with van der Waals surface area (Å²) in [6, 6.07) is 3.56. The molecule has 3 aromatic heterocycles. The lowest BCUT2D eigenvalue weighted by atomic mass is 10.1. The average Bonchev–Trinajstić information content (AvgIpc) is 3.07. The van der Waals surface area contributed by atoms with Gasteiger partial charge >= 0.3 is 5.97 Å². The van der Waals surface area contributed by atoms with Crippen LogP contribution in [0.15, 0.2) is 29.0 Å². The topological polar surface area (TPSA) is 69.6 Å². The minimum Gasteiger partial charge on any atom is -0.455 e.